The predicted molar refractivity (Wildman–Crippen MR) is 74.3 cm³/mol. The summed E-state index contributed by atoms with van der Waals surface area (Å²) in [5, 5.41) is 12.5. The maximum Gasteiger partial charge on any atom is 0.220 e. The Morgan fingerprint density at radius 2 is 1.89 bits per heavy atom. The van der Waals surface area contributed by atoms with Gasteiger partial charge in [0.05, 0.1) is 12.1 Å². The zero-order chi connectivity index (χ0) is 13.8. The van der Waals surface area contributed by atoms with Crippen molar-refractivity contribution in [2.45, 2.75) is 71.8 Å². The molecule has 1 amide bonds. The standard InChI is InChI=1S/C15H29NO2/c1-12(10-14(2,3)4)9-13(18)16-15(11-17)7-5-6-8-15/h12,17H,5-11H2,1-4H3,(H,16,18). The van der Waals surface area contributed by atoms with Crippen molar-refractivity contribution in [3.8, 4) is 0 Å². The molecule has 2 N–H and O–H groups in total. The van der Waals surface area contributed by atoms with Crippen molar-refractivity contribution >= 4 is 5.91 Å². The molecule has 106 valence electrons. The molecule has 0 aromatic rings. The van der Waals surface area contributed by atoms with Crippen LogP contribution >= 0.6 is 0 Å². The SMILES string of the molecule is CC(CC(=O)NC1(CO)CCCC1)CC(C)(C)C. The van der Waals surface area contributed by atoms with E-state index in [0.29, 0.717) is 12.3 Å². The van der Waals surface area contributed by atoms with Crippen LogP contribution in [0.5, 0.6) is 0 Å². The predicted octanol–water partition coefficient (Wildman–Crippen LogP) is 2.87. The Morgan fingerprint density at radius 3 is 2.33 bits per heavy atom. The van der Waals surface area contributed by atoms with Crippen LogP contribution in [0.25, 0.3) is 0 Å². The van der Waals surface area contributed by atoms with Gasteiger partial charge in [-0.05, 0) is 30.6 Å². The molecule has 18 heavy (non-hydrogen) atoms. The molecule has 1 aliphatic carbocycles. The lowest BCUT2D eigenvalue weighted by Crippen LogP contribution is -2.49. The fourth-order valence-electron chi connectivity index (χ4n) is 3.16. The molecular formula is C15H29NO2. The van der Waals surface area contributed by atoms with Gasteiger partial charge in [-0.2, -0.15) is 0 Å². The molecule has 0 radical (unpaired) electrons. The Bertz CT molecular complexity index is 275. The van der Waals surface area contributed by atoms with Crippen molar-refractivity contribution < 1.29 is 9.90 Å². The molecule has 1 fully saturated rings. The fourth-order valence-corrected chi connectivity index (χ4v) is 3.16. The van der Waals surface area contributed by atoms with Crippen LogP contribution in [0.4, 0.5) is 0 Å². The average Bonchev–Trinajstić information content (AvgIpc) is 2.63. The van der Waals surface area contributed by atoms with Gasteiger partial charge in [0.25, 0.3) is 0 Å². The van der Waals surface area contributed by atoms with E-state index in [-0.39, 0.29) is 23.5 Å². The van der Waals surface area contributed by atoms with Crippen molar-refractivity contribution in [2.75, 3.05) is 6.61 Å². The largest absolute Gasteiger partial charge is 0.394 e. The minimum Gasteiger partial charge on any atom is -0.394 e. The number of hydrogen-bond acceptors (Lipinski definition) is 2. The summed E-state index contributed by atoms with van der Waals surface area (Å²) in [7, 11) is 0. The normalized spacial score (nSPS) is 20.7. The van der Waals surface area contributed by atoms with E-state index in [9.17, 15) is 9.90 Å². The van der Waals surface area contributed by atoms with E-state index in [1.807, 2.05) is 0 Å². The Morgan fingerprint density at radius 1 is 1.33 bits per heavy atom. The highest BCUT2D eigenvalue weighted by Gasteiger charge is 2.34. The molecule has 1 atom stereocenters. The summed E-state index contributed by atoms with van der Waals surface area (Å²) < 4.78 is 0. The van der Waals surface area contributed by atoms with E-state index < -0.39 is 0 Å². The van der Waals surface area contributed by atoms with Crippen molar-refractivity contribution in [2.24, 2.45) is 11.3 Å². The van der Waals surface area contributed by atoms with Crippen molar-refractivity contribution in [3.63, 3.8) is 0 Å². The molecule has 0 aliphatic heterocycles. The Hall–Kier alpha value is -0.570. The van der Waals surface area contributed by atoms with Crippen LogP contribution in [0.2, 0.25) is 0 Å². The molecule has 1 rings (SSSR count). The highest BCUT2D eigenvalue weighted by molar-refractivity contribution is 5.77. The molecule has 1 aliphatic rings. The topological polar surface area (TPSA) is 49.3 Å². The number of aliphatic hydroxyl groups is 1. The van der Waals surface area contributed by atoms with E-state index >= 15 is 0 Å². The maximum absolute atomic E-state index is 12.0. The summed E-state index contributed by atoms with van der Waals surface area (Å²) >= 11 is 0. The summed E-state index contributed by atoms with van der Waals surface area (Å²) in [6, 6.07) is 0. The lowest BCUT2D eigenvalue weighted by atomic mass is 9.84. The second kappa shape index (κ2) is 6.05. The molecule has 0 aromatic heterocycles. The van der Waals surface area contributed by atoms with Crippen LogP contribution in [0.1, 0.15) is 66.2 Å². The minimum absolute atomic E-state index is 0.0758. The molecule has 0 heterocycles. The van der Waals surface area contributed by atoms with Gasteiger partial charge in [0, 0.05) is 6.42 Å². The van der Waals surface area contributed by atoms with Crippen molar-refractivity contribution in [1.82, 2.24) is 5.32 Å². The van der Waals surface area contributed by atoms with E-state index in [1.165, 1.54) is 0 Å². The van der Waals surface area contributed by atoms with Gasteiger partial charge < -0.3 is 10.4 Å². The van der Waals surface area contributed by atoms with Crippen LogP contribution in [0.3, 0.4) is 0 Å². The highest BCUT2D eigenvalue weighted by atomic mass is 16.3. The zero-order valence-electron chi connectivity index (χ0n) is 12.4. The molecule has 0 bridgehead atoms. The van der Waals surface area contributed by atoms with Crippen LogP contribution in [0.15, 0.2) is 0 Å². The Balaban J connectivity index is 2.41. The first kappa shape index (κ1) is 15.5. The smallest absolute Gasteiger partial charge is 0.220 e. The number of hydrogen-bond donors (Lipinski definition) is 2. The van der Waals surface area contributed by atoms with Gasteiger partial charge in [-0.15, -0.1) is 0 Å². The zero-order valence-corrected chi connectivity index (χ0v) is 12.4. The van der Waals surface area contributed by atoms with Gasteiger partial charge >= 0.3 is 0 Å². The van der Waals surface area contributed by atoms with Crippen LogP contribution in [0, 0.1) is 11.3 Å². The Labute approximate surface area is 111 Å². The molecule has 1 unspecified atom stereocenters. The number of nitrogens with one attached hydrogen (secondary N) is 1. The summed E-state index contributed by atoms with van der Waals surface area (Å²) in [6.07, 6.45) is 5.67. The minimum atomic E-state index is -0.321. The molecule has 3 heteroatoms. The van der Waals surface area contributed by atoms with Gasteiger partial charge in [0.2, 0.25) is 5.91 Å². The summed E-state index contributed by atoms with van der Waals surface area (Å²) in [6.45, 7) is 8.81. The molecule has 1 saturated carbocycles. The van der Waals surface area contributed by atoms with Crippen LogP contribution in [-0.4, -0.2) is 23.2 Å². The van der Waals surface area contributed by atoms with Gasteiger partial charge in [0.1, 0.15) is 0 Å². The Kier molecular flexibility index (Phi) is 5.20. The number of rotatable bonds is 5. The van der Waals surface area contributed by atoms with Gasteiger partial charge in [0.15, 0.2) is 0 Å². The first-order chi connectivity index (χ1) is 8.26. The third-order valence-electron chi connectivity index (χ3n) is 3.76. The first-order valence-corrected chi connectivity index (χ1v) is 7.18. The van der Waals surface area contributed by atoms with Crippen molar-refractivity contribution in [1.29, 1.82) is 0 Å². The third-order valence-corrected chi connectivity index (χ3v) is 3.76. The van der Waals surface area contributed by atoms with E-state index in [2.05, 4.69) is 33.0 Å². The monoisotopic (exact) mass is 255 g/mol. The quantitative estimate of drug-likeness (QED) is 0.793. The molecule has 0 aromatic carbocycles. The fraction of sp³-hybridized carbons (Fsp3) is 0.933. The summed E-state index contributed by atoms with van der Waals surface area (Å²) in [4.78, 5) is 12.0. The van der Waals surface area contributed by atoms with E-state index in [0.717, 1.165) is 32.1 Å². The molecule has 0 saturated heterocycles. The maximum atomic E-state index is 12.0. The highest BCUT2D eigenvalue weighted by Crippen LogP contribution is 2.30. The van der Waals surface area contributed by atoms with Crippen LogP contribution in [-0.2, 0) is 4.79 Å². The number of carbonyl (C=O) groups is 1. The van der Waals surface area contributed by atoms with E-state index in [4.69, 9.17) is 0 Å². The lowest BCUT2D eigenvalue weighted by molar-refractivity contribution is -0.124. The summed E-state index contributed by atoms with van der Waals surface area (Å²) in [5.41, 5.74) is -0.0553. The first-order valence-electron chi connectivity index (χ1n) is 7.18. The molecule has 3 nitrogen and oxygen atoms in total. The van der Waals surface area contributed by atoms with Gasteiger partial charge in [-0.25, -0.2) is 0 Å². The lowest BCUT2D eigenvalue weighted by Gasteiger charge is -2.29. The number of aliphatic hydroxyl groups excluding tert-OH is 1. The average molecular weight is 255 g/mol. The van der Waals surface area contributed by atoms with Crippen LogP contribution < -0.4 is 5.32 Å². The summed E-state index contributed by atoms with van der Waals surface area (Å²) in [5.74, 6) is 0.491. The second-order valence-electron chi connectivity index (χ2n) is 7.27. The number of amides is 1. The third kappa shape index (κ3) is 4.97. The molecule has 0 spiro atoms. The van der Waals surface area contributed by atoms with Crippen molar-refractivity contribution in [3.05, 3.63) is 0 Å². The van der Waals surface area contributed by atoms with E-state index in [1.54, 1.807) is 0 Å². The molecular weight excluding hydrogens is 226 g/mol. The number of carbonyl (C=O) groups excluding carboxylic acids is 1. The second-order valence-corrected chi connectivity index (χ2v) is 7.27. The van der Waals surface area contributed by atoms with Gasteiger partial charge in [-0.1, -0.05) is 40.5 Å². The van der Waals surface area contributed by atoms with Gasteiger partial charge in [-0.3, -0.25) is 4.79 Å².